The highest BCUT2D eigenvalue weighted by atomic mass is 15.3. The summed E-state index contributed by atoms with van der Waals surface area (Å²) in [6, 6.07) is 10.6. The first-order valence-electron chi connectivity index (χ1n) is 6.42. The Bertz CT molecular complexity index is 342. The summed E-state index contributed by atoms with van der Waals surface area (Å²) in [5.41, 5.74) is 4.30. The average molecular weight is 233 g/mol. The van der Waals surface area contributed by atoms with Gasteiger partial charge in [0.2, 0.25) is 0 Å². The lowest BCUT2D eigenvalue weighted by Gasteiger charge is -2.42. The number of hydrogen-bond acceptors (Lipinski definition) is 3. The maximum absolute atomic E-state index is 5.78. The van der Waals surface area contributed by atoms with E-state index in [-0.39, 0.29) is 11.6 Å². The van der Waals surface area contributed by atoms with E-state index in [1.807, 2.05) is 6.07 Å². The molecule has 94 valence electrons. The van der Waals surface area contributed by atoms with Crippen molar-refractivity contribution in [2.45, 2.75) is 38.3 Å². The molecule has 1 aliphatic rings. The van der Waals surface area contributed by atoms with Gasteiger partial charge in [-0.2, -0.15) is 0 Å². The van der Waals surface area contributed by atoms with Crippen molar-refractivity contribution < 1.29 is 0 Å². The number of nitrogens with one attached hydrogen (secondary N) is 1. The highest BCUT2D eigenvalue weighted by Crippen LogP contribution is 2.32. The number of nitrogens with zero attached hydrogens (tertiary/aromatic N) is 1. The van der Waals surface area contributed by atoms with Gasteiger partial charge in [-0.1, -0.05) is 30.3 Å². The molecule has 1 aromatic carbocycles. The van der Waals surface area contributed by atoms with E-state index in [4.69, 9.17) is 5.84 Å². The molecule has 0 aliphatic carbocycles. The molecule has 0 saturated carbocycles. The van der Waals surface area contributed by atoms with Crippen molar-refractivity contribution in [3.63, 3.8) is 0 Å². The van der Waals surface area contributed by atoms with Crippen molar-refractivity contribution in [3.8, 4) is 0 Å². The van der Waals surface area contributed by atoms with Crippen LogP contribution in [0.2, 0.25) is 0 Å². The van der Waals surface area contributed by atoms with E-state index < -0.39 is 0 Å². The van der Waals surface area contributed by atoms with Crippen LogP contribution >= 0.6 is 0 Å². The van der Waals surface area contributed by atoms with Crippen LogP contribution in [-0.4, -0.2) is 23.5 Å². The lowest BCUT2D eigenvalue weighted by molar-refractivity contribution is 0.107. The number of likely N-dealkylation sites (tertiary alicyclic amines) is 1. The number of nitrogens with two attached hydrogens (primary N) is 1. The third-order valence-electron chi connectivity index (χ3n) is 3.93. The van der Waals surface area contributed by atoms with Crippen LogP contribution in [0.3, 0.4) is 0 Å². The normalized spacial score (nSPS) is 19.5. The van der Waals surface area contributed by atoms with Gasteiger partial charge in [0.05, 0.1) is 6.04 Å². The average Bonchev–Trinajstić information content (AvgIpc) is 2.85. The lowest BCUT2D eigenvalue weighted by Crippen LogP contribution is -2.53. The number of rotatable bonds is 4. The maximum atomic E-state index is 5.78. The van der Waals surface area contributed by atoms with E-state index in [2.05, 4.69) is 48.4 Å². The van der Waals surface area contributed by atoms with Crippen LogP contribution in [0, 0.1) is 0 Å². The Morgan fingerprint density at radius 1 is 1.18 bits per heavy atom. The van der Waals surface area contributed by atoms with Crippen LogP contribution in [0.15, 0.2) is 30.3 Å². The third-order valence-corrected chi connectivity index (χ3v) is 3.93. The van der Waals surface area contributed by atoms with Crippen molar-refractivity contribution >= 4 is 0 Å². The second kappa shape index (κ2) is 5.17. The van der Waals surface area contributed by atoms with Gasteiger partial charge in [0.1, 0.15) is 0 Å². The molecular formula is C14H23N3. The fraction of sp³-hybridized carbons (Fsp3) is 0.571. The fourth-order valence-corrected chi connectivity index (χ4v) is 2.83. The zero-order valence-corrected chi connectivity index (χ0v) is 10.8. The van der Waals surface area contributed by atoms with E-state index in [9.17, 15) is 0 Å². The minimum atomic E-state index is 0.0482. The summed E-state index contributed by atoms with van der Waals surface area (Å²) >= 11 is 0. The summed E-state index contributed by atoms with van der Waals surface area (Å²) in [5, 5.41) is 0. The predicted octanol–water partition coefficient (Wildman–Crippen LogP) is 2.07. The molecule has 0 radical (unpaired) electrons. The van der Waals surface area contributed by atoms with Gasteiger partial charge in [-0.25, -0.2) is 0 Å². The zero-order valence-electron chi connectivity index (χ0n) is 10.8. The van der Waals surface area contributed by atoms with Gasteiger partial charge in [0, 0.05) is 5.54 Å². The van der Waals surface area contributed by atoms with E-state index in [1.165, 1.54) is 31.5 Å². The highest BCUT2D eigenvalue weighted by molar-refractivity contribution is 5.22. The molecule has 1 unspecified atom stereocenters. The molecule has 1 aromatic rings. The molecule has 1 atom stereocenters. The molecular weight excluding hydrogens is 210 g/mol. The summed E-state index contributed by atoms with van der Waals surface area (Å²) in [5.74, 6) is 5.78. The summed E-state index contributed by atoms with van der Waals surface area (Å²) in [6.45, 7) is 6.90. The smallest absolute Gasteiger partial charge is 0.0638 e. The van der Waals surface area contributed by atoms with E-state index in [0.29, 0.717) is 0 Å². The van der Waals surface area contributed by atoms with Crippen molar-refractivity contribution in [2.75, 3.05) is 13.1 Å². The van der Waals surface area contributed by atoms with Crippen LogP contribution in [-0.2, 0) is 0 Å². The summed E-state index contributed by atoms with van der Waals surface area (Å²) in [4.78, 5) is 2.53. The molecule has 3 nitrogen and oxygen atoms in total. The quantitative estimate of drug-likeness (QED) is 0.618. The second-order valence-electron chi connectivity index (χ2n) is 5.36. The van der Waals surface area contributed by atoms with Gasteiger partial charge in [0.15, 0.2) is 0 Å². The zero-order chi connectivity index (χ0) is 12.3. The number of hydrogen-bond donors (Lipinski definition) is 2. The lowest BCUT2D eigenvalue weighted by atomic mass is 9.87. The molecule has 0 aromatic heterocycles. The summed E-state index contributed by atoms with van der Waals surface area (Å²) in [6.07, 6.45) is 2.60. The highest BCUT2D eigenvalue weighted by Gasteiger charge is 2.36. The first-order chi connectivity index (χ1) is 8.16. The molecule has 0 bridgehead atoms. The Balaban J connectivity index is 2.22. The molecule has 0 amide bonds. The topological polar surface area (TPSA) is 41.3 Å². The number of benzene rings is 1. The first kappa shape index (κ1) is 12.6. The van der Waals surface area contributed by atoms with Gasteiger partial charge in [0.25, 0.3) is 0 Å². The summed E-state index contributed by atoms with van der Waals surface area (Å²) < 4.78 is 0. The van der Waals surface area contributed by atoms with Crippen LogP contribution in [0.25, 0.3) is 0 Å². The molecule has 3 heteroatoms. The van der Waals surface area contributed by atoms with Gasteiger partial charge in [-0.3, -0.25) is 16.2 Å². The SMILES string of the molecule is CC(C)(C(NN)c1ccccc1)N1CCCC1. The monoisotopic (exact) mass is 233 g/mol. The molecule has 0 spiro atoms. The largest absolute Gasteiger partial charge is 0.296 e. The molecule has 1 heterocycles. The van der Waals surface area contributed by atoms with Gasteiger partial charge < -0.3 is 0 Å². The predicted molar refractivity (Wildman–Crippen MR) is 71.4 cm³/mol. The van der Waals surface area contributed by atoms with Crippen molar-refractivity contribution in [1.29, 1.82) is 0 Å². The Morgan fingerprint density at radius 3 is 2.29 bits per heavy atom. The summed E-state index contributed by atoms with van der Waals surface area (Å²) in [7, 11) is 0. The van der Waals surface area contributed by atoms with E-state index in [0.717, 1.165) is 0 Å². The molecule has 1 fully saturated rings. The molecule has 1 aliphatic heterocycles. The fourth-order valence-electron chi connectivity index (χ4n) is 2.83. The minimum Gasteiger partial charge on any atom is -0.296 e. The van der Waals surface area contributed by atoms with Crippen molar-refractivity contribution in [2.24, 2.45) is 5.84 Å². The Labute approximate surface area is 104 Å². The Morgan fingerprint density at radius 2 is 1.76 bits per heavy atom. The van der Waals surface area contributed by atoms with Gasteiger partial charge in [-0.05, 0) is 45.3 Å². The second-order valence-corrected chi connectivity index (χ2v) is 5.36. The Hall–Kier alpha value is -0.900. The van der Waals surface area contributed by atoms with Gasteiger partial charge in [-0.15, -0.1) is 0 Å². The van der Waals surface area contributed by atoms with Crippen LogP contribution in [0.4, 0.5) is 0 Å². The third kappa shape index (κ3) is 2.51. The maximum Gasteiger partial charge on any atom is 0.0638 e. The molecule has 2 rings (SSSR count). The van der Waals surface area contributed by atoms with Crippen LogP contribution in [0.1, 0.15) is 38.3 Å². The van der Waals surface area contributed by atoms with Crippen molar-refractivity contribution in [3.05, 3.63) is 35.9 Å². The molecule has 17 heavy (non-hydrogen) atoms. The minimum absolute atomic E-state index is 0.0482. The van der Waals surface area contributed by atoms with Crippen molar-refractivity contribution in [1.82, 2.24) is 10.3 Å². The van der Waals surface area contributed by atoms with Gasteiger partial charge >= 0.3 is 0 Å². The van der Waals surface area contributed by atoms with E-state index >= 15 is 0 Å². The first-order valence-corrected chi connectivity index (χ1v) is 6.42. The molecule has 3 N–H and O–H groups in total. The van der Waals surface area contributed by atoms with E-state index in [1.54, 1.807) is 0 Å². The standard InChI is InChI=1S/C14H23N3/c1-14(2,17-10-6-7-11-17)13(16-15)12-8-4-3-5-9-12/h3-5,8-9,13,16H,6-7,10-11,15H2,1-2H3. The Kier molecular flexibility index (Phi) is 3.82. The van der Waals surface area contributed by atoms with Crippen LogP contribution < -0.4 is 11.3 Å². The van der Waals surface area contributed by atoms with Crippen LogP contribution in [0.5, 0.6) is 0 Å². The number of hydrazine groups is 1. The molecule has 1 saturated heterocycles.